The number of hydrogen-bond acceptors (Lipinski definition) is 3. The number of hydrogen-bond donors (Lipinski definition) is 0. The summed E-state index contributed by atoms with van der Waals surface area (Å²) in [6.07, 6.45) is 1.74. The molecule has 1 rings (SSSR count). The second-order valence-corrected chi connectivity index (χ2v) is 5.33. The molecule has 104 valence electrons. The minimum absolute atomic E-state index is 0.478. The maximum Gasteiger partial charge on any atom is 0.133 e. The van der Waals surface area contributed by atoms with Gasteiger partial charge in [0, 0.05) is 18.0 Å². The second-order valence-electron chi connectivity index (χ2n) is 4.47. The summed E-state index contributed by atoms with van der Waals surface area (Å²) in [5.74, 6) is 0.853. The van der Waals surface area contributed by atoms with Crippen LogP contribution >= 0.6 is 15.9 Å². The molecule has 0 bridgehead atoms. The van der Waals surface area contributed by atoms with Gasteiger partial charge in [-0.05, 0) is 66.1 Å². The van der Waals surface area contributed by atoms with Gasteiger partial charge in [-0.15, -0.1) is 0 Å². The lowest BCUT2D eigenvalue weighted by Crippen LogP contribution is -2.15. The van der Waals surface area contributed by atoms with Crippen LogP contribution in [-0.2, 0) is 6.42 Å². The van der Waals surface area contributed by atoms with E-state index in [1.54, 1.807) is 0 Å². The van der Waals surface area contributed by atoms with Crippen LogP contribution in [0.3, 0.4) is 0 Å². The number of benzene rings is 1. The Hall–Kier alpha value is -1.23. The SMILES string of the molecule is CN(C)CCCOc1ccc(CCN=[N+]=[N-])cc1Br. The Bertz CT molecular complexity index is 444. The first-order chi connectivity index (χ1) is 9.13. The van der Waals surface area contributed by atoms with Gasteiger partial charge < -0.3 is 9.64 Å². The fraction of sp³-hybridized carbons (Fsp3) is 0.538. The van der Waals surface area contributed by atoms with Crippen LogP contribution in [0.15, 0.2) is 27.8 Å². The normalized spacial score (nSPS) is 10.3. The molecule has 0 aromatic heterocycles. The van der Waals surface area contributed by atoms with Crippen molar-refractivity contribution in [2.24, 2.45) is 5.11 Å². The molecule has 1 aromatic rings. The van der Waals surface area contributed by atoms with Gasteiger partial charge in [-0.3, -0.25) is 0 Å². The molecule has 0 saturated carbocycles. The molecular weight excluding hydrogens is 308 g/mol. The van der Waals surface area contributed by atoms with Crippen LogP contribution in [0.1, 0.15) is 12.0 Å². The third-order valence-corrected chi connectivity index (χ3v) is 3.19. The summed E-state index contributed by atoms with van der Waals surface area (Å²) in [4.78, 5) is 4.88. The summed E-state index contributed by atoms with van der Waals surface area (Å²) < 4.78 is 6.65. The third kappa shape index (κ3) is 6.47. The number of nitrogens with zero attached hydrogens (tertiary/aromatic N) is 4. The van der Waals surface area contributed by atoms with Gasteiger partial charge in [0.15, 0.2) is 0 Å². The summed E-state index contributed by atoms with van der Waals surface area (Å²) in [7, 11) is 4.10. The van der Waals surface area contributed by atoms with Crippen molar-refractivity contribution in [3.8, 4) is 5.75 Å². The van der Waals surface area contributed by atoms with E-state index in [2.05, 4.69) is 45.0 Å². The number of ether oxygens (including phenoxy) is 1. The molecule has 6 heteroatoms. The van der Waals surface area contributed by atoms with Gasteiger partial charge in [0.05, 0.1) is 11.1 Å². The molecule has 1 aromatic carbocycles. The number of rotatable bonds is 8. The Kier molecular flexibility index (Phi) is 7.33. The maximum absolute atomic E-state index is 8.23. The van der Waals surface area contributed by atoms with E-state index >= 15 is 0 Å². The van der Waals surface area contributed by atoms with Crippen LogP contribution < -0.4 is 4.74 Å². The highest BCUT2D eigenvalue weighted by atomic mass is 79.9. The summed E-state index contributed by atoms with van der Waals surface area (Å²) in [5.41, 5.74) is 9.35. The minimum atomic E-state index is 0.478. The molecule has 0 N–H and O–H groups in total. The van der Waals surface area contributed by atoms with Gasteiger partial charge in [-0.1, -0.05) is 11.2 Å². The van der Waals surface area contributed by atoms with Crippen molar-refractivity contribution in [1.29, 1.82) is 0 Å². The van der Waals surface area contributed by atoms with Crippen molar-refractivity contribution < 1.29 is 4.74 Å². The first kappa shape index (κ1) is 15.8. The van der Waals surface area contributed by atoms with Gasteiger partial charge in [0.1, 0.15) is 5.75 Å². The second kappa shape index (κ2) is 8.80. The van der Waals surface area contributed by atoms with Crippen LogP contribution in [-0.4, -0.2) is 38.7 Å². The van der Waals surface area contributed by atoms with E-state index in [-0.39, 0.29) is 0 Å². The Labute approximate surface area is 122 Å². The van der Waals surface area contributed by atoms with Gasteiger partial charge in [-0.2, -0.15) is 0 Å². The lowest BCUT2D eigenvalue weighted by Gasteiger charge is -2.12. The van der Waals surface area contributed by atoms with Gasteiger partial charge in [0.25, 0.3) is 0 Å². The fourth-order valence-corrected chi connectivity index (χ4v) is 2.14. The van der Waals surface area contributed by atoms with Crippen molar-refractivity contribution >= 4 is 15.9 Å². The monoisotopic (exact) mass is 326 g/mol. The largest absolute Gasteiger partial charge is 0.492 e. The van der Waals surface area contributed by atoms with Crippen molar-refractivity contribution in [2.45, 2.75) is 12.8 Å². The predicted molar refractivity (Wildman–Crippen MR) is 80.5 cm³/mol. The smallest absolute Gasteiger partial charge is 0.133 e. The predicted octanol–water partition coefficient (Wildman–Crippen LogP) is 3.63. The Morgan fingerprint density at radius 1 is 1.42 bits per heavy atom. The molecule has 0 radical (unpaired) electrons. The van der Waals surface area contributed by atoms with E-state index in [1.807, 2.05) is 18.2 Å². The Morgan fingerprint density at radius 3 is 2.84 bits per heavy atom. The average Bonchev–Trinajstić information content (AvgIpc) is 2.36. The highest BCUT2D eigenvalue weighted by molar-refractivity contribution is 9.10. The van der Waals surface area contributed by atoms with Gasteiger partial charge in [0.2, 0.25) is 0 Å². The fourth-order valence-electron chi connectivity index (χ4n) is 1.60. The standard InChI is InChI=1S/C13H19BrN4O/c1-18(2)8-3-9-19-13-5-4-11(10-12(13)14)6-7-16-17-15/h4-5,10H,3,6-9H2,1-2H3. The lowest BCUT2D eigenvalue weighted by atomic mass is 10.1. The molecule has 0 saturated heterocycles. The lowest BCUT2D eigenvalue weighted by molar-refractivity contribution is 0.280. The molecule has 0 aliphatic carbocycles. The molecule has 0 spiro atoms. The van der Waals surface area contributed by atoms with Crippen LogP contribution in [0.25, 0.3) is 10.4 Å². The van der Waals surface area contributed by atoms with Crippen molar-refractivity contribution in [3.63, 3.8) is 0 Å². The van der Waals surface area contributed by atoms with Crippen LogP contribution in [0, 0.1) is 0 Å². The summed E-state index contributed by atoms with van der Waals surface area (Å²) in [5, 5.41) is 3.53. The zero-order chi connectivity index (χ0) is 14.1. The molecule has 19 heavy (non-hydrogen) atoms. The molecule has 0 unspecified atom stereocenters. The molecule has 0 atom stereocenters. The highest BCUT2D eigenvalue weighted by Gasteiger charge is 2.03. The maximum atomic E-state index is 8.23. The summed E-state index contributed by atoms with van der Waals surface area (Å²) in [6, 6.07) is 5.96. The Balaban J connectivity index is 2.45. The average molecular weight is 327 g/mol. The zero-order valence-electron chi connectivity index (χ0n) is 11.3. The molecule has 5 nitrogen and oxygen atoms in total. The molecule has 0 aliphatic rings. The van der Waals surface area contributed by atoms with E-state index in [0.717, 1.165) is 35.2 Å². The quantitative estimate of drug-likeness (QED) is 0.317. The van der Waals surface area contributed by atoms with Crippen LogP contribution in [0.2, 0.25) is 0 Å². The van der Waals surface area contributed by atoms with Crippen molar-refractivity contribution in [1.82, 2.24) is 4.90 Å². The first-order valence-corrected chi connectivity index (χ1v) is 6.99. The van der Waals surface area contributed by atoms with Crippen molar-refractivity contribution in [3.05, 3.63) is 38.7 Å². The van der Waals surface area contributed by atoms with E-state index in [9.17, 15) is 0 Å². The topological polar surface area (TPSA) is 61.2 Å². The van der Waals surface area contributed by atoms with E-state index in [1.165, 1.54) is 0 Å². The van der Waals surface area contributed by atoms with E-state index in [0.29, 0.717) is 13.2 Å². The zero-order valence-corrected chi connectivity index (χ0v) is 12.9. The molecule has 0 amide bonds. The third-order valence-electron chi connectivity index (χ3n) is 2.57. The number of azide groups is 1. The van der Waals surface area contributed by atoms with Crippen LogP contribution in [0.4, 0.5) is 0 Å². The minimum Gasteiger partial charge on any atom is -0.492 e. The molecular formula is C13H19BrN4O. The van der Waals surface area contributed by atoms with E-state index < -0.39 is 0 Å². The number of halogens is 1. The first-order valence-electron chi connectivity index (χ1n) is 6.20. The van der Waals surface area contributed by atoms with Gasteiger partial charge >= 0.3 is 0 Å². The van der Waals surface area contributed by atoms with Crippen molar-refractivity contribution in [2.75, 3.05) is 33.8 Å². The summed E-state index contributed by atoms with van der Waals surface area (Å²) >= 11 is 3.50. The van der Waals surface area contributed by atoms with Gasteiger partial charge in [-0.25, -0.2) is 0 Å². The molecule has 0 fully saturated rings. The Morgan fingerprint density at radius 2 is 2.21 bits per heavy atom. The molecule has 0 heterocycles. The van der Waals surface area contributed by atoms with E-state index in [4.69, 9.17) is 10.3 Å². The molecule has 0 aliphatic heterocycles. The van der Waals surface area contributed by atoms with Crippen LogP contribution in [0.5, 0.6) is 5.75 Å². The highest BCUT2D eigenvalue weighted by Crippen LogP contribution is 2.26. The summed E-state index contributed by atoms with van der Waals surface area (Å²) in [6.45, 7) is 2.20.